The van der Waals surface area contributed by atoms with Gasteiger partial charge in [-0.05, 0) is 47.2 Å². The first kappa shape index (κ1) is 13.9. The normalized spacial score (nSPS) is 10.3. The van der Waals surface area contributed by atoms with Crippen LogP contribution in [0.3, 0.4) is 0 Å². The first-order chi connectivity index (χ1) is 9.24. The van der Waals surface area contributed by atoms with E-state index in [-0.39, 0.29) is 0 Å². The summed E-state index contributed by atoms with van der Waals surface area (Å²) in [4.78, 5) is 0. The highest BCUT2D eigenvalue weighted by Gasteiger charge is 2.07. The Hall–Kier alpha value is -1.52. The van der Waals surface area contributed by atoms with E-state index in [4.69, 9.17) is 9.47 Å². The van der Waals surface area contributed by atoms with Crippen LogP contribution in [0.1, 0.15) is 5.56 Å². The van der Waals surface area contributed by atoms with Gasteiger partial charge in [-0.15, -0.1) is 0 Å². The Kier molecular flexibility index (Phi) is 4.82. The fourth-order valence-corrected chi connectivity index (χ4v) is 2.19. The summed E-state index contributed by atoms with van der Waals surface area (Å²) in [5.41, 5.74) is 1.12. The van der Waals surface area contributed by atoms with Crippen molar-refractivity contribution >= 4 is 15.9 Å². The molecule has 0 atom stereocenters. The molecule has 0 saturated carbocycles. The quantitative estimate of drug-likeness (QED) is 0.903. The van der Waals surface area contributed by atoms with Crippen LogP contribution in [0.25, 0.3) is 0 Å². The van der Waals surface area contributed by atoms with Crippen molar-refractivity contribution in [2.75, 3.05) is 14.2 Å². The molecule has 0 aromatic heterocycles. The molecular formula is C15H16BrNO2. The third-order valence-electron chi connectivity index (χ3n) is 2.70. The standard InChI is InChI=1S/C15H16BrNO2/c1-17-10-11-5-3-4-6-14(11)19-15-8-7-12(18-2)9-13(15)16/h3-9,17H,10H2,1-2H3. The third-order valence-corrected chi connectivity index (χ3v) is 3.32. The van der Waals surface area contributed by atoms with Gasteiger partial charge < -0.3 is 14.8 Å². The van der Waals surface area contributed by atoms with Gasteiger partial charge in [-0.25, -0.2) is 0 Å². The maximum Gasteiger partial charge on any atom is 0.141 e. The van der Waals surface area contributed by atoms with Gasteiger partial charge in [0.1, 0.15) is 17.2 Å². The Bertz CT molecular complexity index is 558. The van der Waals surface area contributed by atoms with Gasteiger partial charge in [-0.1, -0.05) is 18.2 Å². The minimum Gasteiger partial charge on any atom is -0.497 e. The second kappa shape index (κ2) is 6.59. The van der Waals surface area contributed by atoms with E-state index in [2.05, 4.69) is 21.2 Å². The fraction of sp³-hybridized carbons (Fsp3) is 0.200. The third kappa shape index (κ3) is 3.49. The molecule has 0 radical (unpaired) electrons. The molecule has 100 valence electrons. The topological polar surface area (TPSA) is 30.5 Å². The predicted octanol–water partition coefficient (Wildman–Crippen LogP) is 3.97. The minimum atomic E-state index is 0.768. The summed E-state index contributed by atoms with van der Waals surface area (Å²) in [6.45, 7) is 0.768. The number of ether oxygens (including phenoxy) is 2. The average molecular weight is 322 g/mol. The lowest BCUT2D eigenvalue weighted by molar-refractivity contribution is 0.412. The zero-order chi connectivity index (χ0) is 13.7. The van der Waals surface area contributed by atoms with Crippen LogP contribution < -0.4 is 14.8 Å². The molecule has 0 unspecified atom stereocenters. The summed E-state index contributed by atoms with van der Waals surface area (Å²) in [6.07, 6.45) is 0. The molecule has 0 spiro atoms. The minimum absolute atomic E-state index is 0.768. The number of benzene rings is 2. The number of hydrogen-bond acceptors (Lipinski definition) is 3. The largest absolute Gasteiger partial charge is 0.497 e. The summed E-state index contributed by atoms with van der Waals surface area (Å²) in [5.74, 6) is 2.41. The maximum atomic E-state index is 5.95. The Morgan fingerprint density at radius 1 is 1.11 bits per heavy atom. The van der Waals surface area contributed by atoms with E-state index >= 15 is 0 Å². The van der Waals surface area contributed by atoms with Crippen molar-refractivity contribution in [3.05, 3.63) is 52.5 Å². The van der Waals surface area contributed by atoms with Crippen LogP contribution in [0.4, 0.5) is 0 Å². The van der Waals surface area contributed by atoms with Crippen molar-refractivity contribution in [2.45, 2.75) is 6.54 Å². The fourth-order valence-electron chi connectivity index (χ4n) is 1.75. The highest BCUT2D eigenvalue weighted by molar-refractivity contribution is 9.10. The zero-order valence-corrected chi connectivity index (χ0v) is 12.5. The number of methoxy groups -OCH3 is 1. The van der Waals surface area contributed by atoms with Crippen molar-refractivity contribution in [3.8, 4) is 17.2 Å². The van der Waals surface area contributed by atoms with Crippen molar-refractivity contribution in [3.63, 3.8) is 0 Å². The number of nitrogens with one attached hydrogen (secondary N) is 1. The van der Waals surface area contributed by atoms with E-state index in [0.717, 1.165) is 33.8 Å². The summed E-state index contributed by atoms with van der Waals surface area (Å²) >= 11 is 3.49. The van der Waals surface area contributed by atoms with Gasteiger partial charge >= 0.3 is 0 Å². The Labute approximate surface area is 121 Å². The highest BCUT2D eigenvalue weighted by Crippen LogP contribution is 2.33. The predicted molar refractivity (Wildman–Crippen MR) is 80.0 cm³/mol. The van der Waals surface area contributed by atoms with Gasteiger partial charge in [0, 0.05) is 12.1 Å². The lowest BCUT2D eigenvalue weighted by Gasteiger charge is -2.12. The molecule has 3 nitrogen and oxygen atoms in total. The molecule has 4 heteroatoms. The average Bonchev–Trinajstić information content (AvgIpc) is 2.43. The monoisotopic (exact) mass is 321 g/mol. The molecule has 0 aliphatic heterocycles. The molecule has 0 saturated heterocycles. The van der Waals surface area contributed by atoms with Crippen molar-refractivity contribution in [1.29, 1.82) is 0 Å². The van der Waals surface area contributed by atoms with Crippen LogP contribution in [-0.2, 0) is 6.54 Å². The number of hydrogen-bond donors (Lipinski definition) is 1. The van der Waals surface area contributed by atoms with Gasteiger partial charge in [0.05, 0.1) is 11.6 Å². The van der Waals surface area contributed by atoms with Gasteiger partial charge in [0.25, 0.3) is 0 Å². The molecule has 2 aromatic rings. The van der Waals surface area contributed by atoms with Crippen LogP contribution in [0, 0.1) is 0 Å². The maximum absolute atomic E-state index is 5.95. The number of para-hydroxylation sites is 1. The second-order valence-electron chi connectivity index (χ2n) is 4.04. The van der Waals surface area contributed by atoms with Crippen molar-refractivity contribution < 1.29 is 9.47 Å². The SMILES string of the molecule is CNCc1ccccc1Oc1ccc(OC)cc1Br. The molecular weight excluding hydrogens is 306 g/mol. The summed E-state index contributed by atoms with van der Waals surface area (Å²) in [7, 11) is 3.56. The van der Waals surface area contributed by atoms with E-state index in [1.807, 2.05) is 49.5 Å². The first-order valence-electron chi connectivity index (χ1n) is 5.98. The molecule has 0 fully saturated rings. The molecule has 19 heavy (non-hydrogen) atoms. The Balaban J connectivity index is 2.26. The highest BCUT2D eigenvalue weighted by atomic mass is 79.9. The summed E-state index contributed by atoms with van der Waals surface area (Å²) in [5, 5.41) is 3.13. The van der Waals surface area contributed by atoms with Gasteiger partial charge in [0.2, 0.25) is 0 Å². The van der Waals surface area contributed by atoms with Crippen molar-refractivity contribution in [2.24, 2.45) is 0 Å². The van der Waals surface area contributed by atoms with Gasteiger partial charge in [-0.2, -0.15) is 0 Å². The van der Waals surface area contributed by atoms with E-state index in [1.165, 1.54) is 0 Å². The molecule has 2 rings (SSSR count). The number of rotatable bonds is 5. The molecule has 2 aromatic carbocycles. The second-order valence-corrected chi connectivity index (χ2v) is 4.89. The zero-order valence-electron chi connectivity index (χ0n) is 10.9. The smallest absolute Gasteiger partial charge is 0.141 e. The van der Waals surface area contributed by atoms with Gasteiger partial charge in [0.15, 0.2) is 0 Å². The molecule has 0 heterocycles. The van der Waals surface area contributed by atoms with Crippen LogP contribution in [0.15, 0.2) is 46.9 Å². The Morgan fingerprint density at radius 3 is 2.58 bits per heavy atom. The summed E-state index contributed by atoms with van der Waals surface area (Å²) < 4.78 is 12.0. The molecule has 0 aliphatic carbocycles. The lowest BCUT2D eigenvalue weighted by Crippen LogP contribution is -2.06. The van der Waals surface area contributed by atoms with Gasteiger partial charge in [-0.3, -0.25) is 0 Å². The molecule has 0 bridgehead atoms. The van der Waals surface area contributed by atoms with E-state index in [9.17, 15) is 0 Å². The summed E-state index contributed by atoms with van der Waals surface area (Å²) in [6, 6.07) is 13.6. The first-order valence-corrected chi connectivity index (χ1v) is 6.78. The van der Waals surface area contributed by atoms with E-state index < -0.39 is 0 Å². The molecule has 1 N–H and O–H groups in total. The van der Waals surface area contributed by atoms with Crippen molar-refractivity contribution in [1.82, 2.24) is 5.32 Å². The Morgan fingerprint density at radius 2 is 1.89 bits per heavy atom. The van der Waals surface area contributed by atoms with Crippen LogP contribution in [0.5, 0.6) is 17.2 Å². The van der Waals surface area contributed by atoms with Crippen LogP contribution in [0.2, 0.25) is 0 Å². The molecule has 0 aliphatic rings. The number of halogens is 1. The van der Waals surface area contributed by atoms with E-state index in [0.29, 0.717) is 0 Å². The van der Waals surface area contributed by atoms with E-state index in [1.54, 1.807) is 7.11 Å². The molecule has 0 amide bonds. The van der Waals surface area contributed by atoms with Crippen LogP contribution >= 0.6 is 15.9 Å². The van der Waals surface area contributed by atoms with Crippen LogP contribution in [-0.4, -0.2) is 14.2 Å². The lowest BCUT2D eigenvalue weighted by atomic mass is 10.2.